The van der Waals surface area contributed by atoms with E-state index in [9.17, 15) is 9.59 Å². The molecule has 4 rings (SSSR count). The van der Waals surface area contributed by atoms with Crippen molar-refractivity contribution in [1.82, 2.24) is 10.4 Å². The van der Waals surface area contributed by atoms with Gasteiger partial charge in [-0.2, -0.15) is 5.10 Å². The fourth-order valence-electron chi connectivity index (χ4n) is 3.60. The molecule has 0 aliphatic carbocycles. The van der Waals surface area contributed by atoms with Gasteiger partial charge >= 0.3 is 0 Å². The molecule has 0 bridgehead atoms. The van der Waals surface area contributed by atoms with Crippen LogP contribution in [0.15, 0.2) is 59.7 Å². The number of methoxy groups -OCH3 is 1. The van der Waals surface area contributed by atoms with Gasteiger partial charge in [0.15, 0.2) is 0 Å². The number of aromatic nitrogens is 1. The van der Waals surface area contributed by atoms with Gasteiger partial charge < -0.3 is 10.1 Å². The van der Waals surface area contributed by atoms with Crippen LogP contribution >= 0.6 is 11.3 Å². The summed E-state index contributed by atoms with van der Waals surface area (Å²) in [5.74, 6) is -0.369. The summed E-state index contributed by atoms with van der Waals surface area (Å²) < 4.78 is 5.32. The van der Waals surface area contributed by atoms with Gasteiger partial charge in [0.25, 0.3) is 11.8 Å². The zero-order valence-electron chi connectivity index (χ0n) is 19.3. The van der Waals surface area contributed by atoms with Crippen molar-refractivity contribution in [1.29, 1.82) is 0 Å². The van der Waals surface area contributed by atoms with Gasteiger partial charge in [0.2, 0.25) is 0 Å². The van der Waals surface area contributed by atoms with E-state index in [0.29, 0.717) is 26.7 Å². The summed E-state index contributed by atoms with van der Waals surface area (Å²) in [5, 5.41) is 7.74. The van der Waals surface area contributed by atoms with E-state index >= 15 is 0 Å². The number of hydrazone groups is 1. The molecular weight excluding hydrogens is 448 g/mol. The maximum atomic E-state index is 13.1. The first kappa shape index (κ1) is 23.1. The molecule has 7 nitrogen and oxygen atoms in total. The van der Waals surface area contributed by atoms with Gasteiger partial charge in [-0.05, 0) is 50.1 Å². The van der Waals surface area contributed by atoms with Gasteiger partial charge in [-0.15, -0.1) is 11.3 Å². The number of carbonyl (C=O) groups is 2. The molecule has 2 N–H and O–H groups in total. The van der Waals surface area contributed by atoms with Gasteiger partial charge in [-0.3, -0.25) is 9.59 Å². The standard InChI is InChI=1S/C26H24N4O3S/c1-15-9-11-18(12-10-15)14-27-30-25(32)23-22(21-16(2)13-17(3)28-26(21)34-23)29-24(31)19-7-5-6-8-20(19)33-4/h5-14H,1-4H3,(H,29,31)(H,30,32)/b27-14+. The number of ether oxygens (including phenoxy) is 1. The van der Waals surface area contributed by atoms with Crippen LogP contribution in [-0.2, 0) is 0 Å². The number of aryl methyl sites for hydroxylation is 3. The molecule has 2 aromatic heterocycles. The monoisotopic (exact) mass is 472 g/mol. The maximum absolute atomic E-state index is 13.1. The SMILES string of the molecule is COc1ccccc1C(=O)Nc1c(C(=O)N/N=C/c2ccc(C)cc2)sc2nc(C)cc(C)c12. The van der Waals surface area contributed by atoms with E-state index in [1.165, 1.54) is 18.4 Å². The number of carbonyl (C=O) groups excluding carboxylic acids is 2. The molecule has 8 heteroatoms. The van der Waals surface area contributed by atoms with Crippen LogP contribution in [-0.4, -0.2) is 30.1 Å². The fraction of sp³-hybridized carbons (Fsp3) is 0.154. The highest BCUT2D eigenvalue weighted by Crippen LogP contribution is 2.38. The zero-order chi connectivity index (χ0) is 24.2. The summed E-state index contributed by atoms with van der Waals surface area (Å²) >= 11 is 1.21. The number of hydrogen-bond acceptors (Lipinski definition) is 6. The van der Waals surface area contributed by atoms with E-state index in [-0.39, 0.29) is 5.91 Å². The molecule has 0 spiro atoms. The Hall–Kier alpha value is -4.04. The molecule has 0 fully saturated rings. The number of para-hydroxylation sites is 1. The normalized spacial score (nSPS) is 11.1. The second-order valence-corrected chi connectivity index (χ2v) is 8.83. The third kappa shape index (κ3) is 4.82. The lowest BCUT2D eigenvalue weighted by Gasteiger charge is -2.11. The highest BCUT2D eigenvalue weighted by Gasteiger charge is 2.24. The summed E-state index contributed by atoms with van der Waals surface area (Å²) in [6, 6.07) is 16.6. The maximum Gasteiger partial charge on any atom is 0.283 e. The lowest BCUT2D eigenvalue weighted by molar-refractivity contribution is 0.0960. The van der Waals surface area contributed by atoms with Crippen LogP contribution in [0.1, 0.15) is 42.4 Å². The lowest BCUT2D eigenvalue weighted by atomic mass is 10.1. The average molecular weight is 473 g/mol. The molecule has 4 aromatic rings. The Balaban J connectivity index is 1.69. The minimum Gasteiger partial charge on any atom is -0.496 e. The Bertz CT molecular complexity index is 1410. The van der Waals surface area contributed by atoms with Crippen molar-refractivity contribution in [2.75, 3.05) is 12.4 Å². The highest BCUT2D eigenvalue weighted by atomic mass is 32.1. The van der Waals surface area contributed by atoms with Gasteiger partial charge in [-0.1, -0.05) is 42.0 Å². The van der Waals surface area contributed by atoms with E-state index in [2.05, 4.69) is 20.8 Å². The number of fused-ring (bicyclic) bond motifs is 1. The van der Waals surface area contributed by atoms with Crippen molar-refractivity contribution in [3.63, 3.8) is 0 Å². The predicted molar refractivity (Wildman–Crippen MR) is 136 cm³/mol. The second kappa shape index (κ2) is 9.84. The molecule has 0 saturated carbocycles. The third-order valence-corrected chi connectivity index (χ3v) is 6.32. The van der Waals surface area contributed by atoms with Gasteiger partial charge in [0, 0.05) is 11.1 Å². The molecule has 0 unspecified atom stereocenters. The van der Waals surface area contributed by atoms with E-state index in [0.717, 1.165) is 27.8 Å². The summed E-state index contributed by atoms with van der Waals surface area (Å²) in [6.45, 7) is 5.83. The zero-order valence-corrected chi connectivity index (χ0v) is 20.1. The molecule has 0 aliphatic rings. The van der Waals surface area contributed by atoms with E-state index < -0.39 is 5.91 Å². The average Bonchev–Trinajstić information content (AvgIpc) is 3.18. The number of thiophene rings is 1. The molecule has 0 radical (unpaired) electrons. The van der Waals surface area contributed by atoms with Crippen molar-refractivity contribution in [2.45, 2.75) is 20.8 Å². The number of benzene rings is 2. The highest BCUT2D eigenvalue weighted by molar-refractivity contribution is 7.21. The summed E-state index contributed by atoms with van der Waals surface area (Å²) in [6.07, 6.45) is 1.57. The summed E-state index contributed by atoms with van der Waals surface area (Å²) in [5.41, 5.74) is 7.09. The largest absolute Gasteiger partial charge is 0.496 e. The third-order valence-electron chi connectivity index (χ3n) is 5.24. The number of rotatable bonds is 6. The number of nitrogens with zero attached hydrogens (tertiary/aromatic N) is 2. The topological polar surface area (TPSA) is 92.7 Å². The molecule has 0 saturated heterocycles. The Morgan fingerprint density at radius 3 is 2.50 bits per heavy atom. The van der Waals surface area contributed by atoms with E-state index in [4.69, 9.17) is 4.74 Å². The van der Waals surface area contributed by atoms with Gasteiger partial charge in [-0.25, -0.2) is 10.4 Å². The minimum absolute atomic E-state index is 0.320. The summed E-state index contributed by atoms with van der Waals surface area (Å²) in [4.78, 5) is 31.8. The number of pyridine rings is 1. The summed E-state index contributed by atoms with van der Waals surface area (Å²) in [7, 11) is 1.51. The van der Waals surface area contributed by atoms with Crippen LogP contribution in [0.3, 0.4) is 0 Å². The molecule has 2 aromatic carbocycles. The predicted octanol–water partition coefficient (Wildman–Crippen LogP) is 5.25. The molecule has 0 aliphatic heterocycles. The first-order valence-electron chi connectivity index (χ1n) is 10.6. The Morgan fingerprint density at radius 2 is 1.76 bits per heavy atom. The first-order chi connectivity index (χ1) is 16.4. The number of anilines is 1. The second-order valence-electron chi connectivity index (χ2n) is 7.83. The molecular formula is C26H24N4O3S. The first-order valence-corrected chi connectivity index (χ1v) is 11.4. The lowest BCUT2D eigenvalue weighted by Crippen LogP contribution is -2.20. The molecule has 0 atom stereocenters. The van der Waals surface area contributed by atoms with Crippen LogP contribution in [0, 0.1) is 20.8 Å². The van der Waals surface area contributed by atoms with Crippen LogP contribution in [0.25, 0.3) is 10.2 Å². The van der Waals surface area contributed by atoms with E-state index in [1.54, 1.807) is 30.5 Å². The molecule has 172 valence electrons. The smallest absolute Gasteiger partial charge is 0.283 e. The van der Waals surface area contributed by atoms with Crippen molar-refractivity contribution >= 4 is 45.3 Å². The van der Waals surface area contributed by atoms with Crippen molar-refractivity contribution in [3.8, 4) is 5.75 Å². The number of nitrogens with one attached hydrogen (secondary N) is 2. The molecule has 34 heavy (non-hydrogen) atoms. The fourth-order valence-corrected chi connectivity index (χ4v) is 4.74. The Labute approximate surface area is 201 Å². The van der Waals surface area contributed by atoms with Crippen molar-refractivity contribution in [2.24, 2.45) is 5.10 Å². The van der Waals surface area contributed by atoms with Gasteiger partial charge in [0.05, 0.1) is 24.6 Å². The van der Waals surface area contributed by atoms with Crippen LogP contribution in [0.2, 0.25) is 0 Å². The van der Waals surface area contributed by atoms with Crippen molar-refractivity contribution < 1.29 is 14.3 Å². The number of amides is 2. The van der Waals surface area contributed by atoms with Gasteiger partial charge in [0.1, 0.15) is 15.5 Å². The molecule has 2 heterocycles. The van der Waals surface area contributed by atoms with Crippen molar-refractivity contribution in [3.05, 3.63) is 87.4 Å². The quantitative estimate of drug-likeness (QED) is 0.296. The van der Waals surface area contributed by atoms with Crippen LogP contribution in [0.5, 0.6) is 5.75 Å². The molecule has 2 amide bonds. The Kier molecular flexibility index (Phi) is 6.70. The van der Waals surface area contributed by atoms with Crippen LogP contribution < -0.4 is 15.5 Å². The Morgan fingerprint density at radius 1 is 1.03 bits per heavy atom. The van der Waals surface area contributed by atoms with E-state index in [1.807, 2.05) is 51.1 Å². The minimum atomic E-state index is -0.432. The number of hydrogen-bond donors (Lipinski definition) is 2. The van der Waals surface area contributed by atoms with Crippen LogP contribution in [0.4, 0.5) is 5.69 Å².